The van der Waals surface area contributed by atoms with Gasteiger partial charge in [0.25, 0.3) is 5.91 Å². The van der Waals surface area contributed by atoms with Crippen LogP contribution in [0.1, 0.15) is 22.3 Å². The Morgan fingerprint density at radius 1 is 0.631 bits per heavy atom. The van der Waals surface area contributed by atoms with Gasteiger partial charge in [-0.1, -0.05) is 0 Å². The molecule has 27 heteroatoms. The summed E-state index contributed by atoms with van der Waals surface area (Å²) < 4.78 is 157. The zero-order chi connectivity index (χ0) is 48.3. The van der Waals surface area contributed by atoms with E-state index < -0.39 is 75.8 Å². The first-order valence-corrected chi connectivity index (χ1v) is 17.5. The maximum Gasteiger partial charge on any atom is 0.416 e. The molecule has 6 aromatic rings. The number of benzene rings is 2. The van der Waals surface area contributed by atoms with Gasteiger partial charge in [0, 0.05) is 62.2 Å². The van der Waals surface area contributed by atoms with Crippen molar-refractivity contribution in [2.45, 2.75) is 24.7 Å². The Bertz CT molecular complexity index is 2530. The van der Waals surface area contributed by atoms with Crippen LogP contribution in [0.3, 0.4) is 0 Å². The van der Waals surface area contributed by atoms with Gasteiger partial charge in [0.2, 0.25) is 0 Å². The average Bonchev–Trinajstić information content (AvgIpc) is 3.92. The maximum absolute atomic E-state index is 13.0. The highest BCUT2D eigenvalue weighted by atomic mass is 19.4. The number of alkyl halides is 12. The molecule has 0 aliphatic rings. The van der Waals surface area contributed by atoms with Gasteiger partial charge < -0.3 is 10.1 Å². The second-order valence-electron chi connectivity index (χ2n) is 12.7. The summed E-state index contributed by atoms with van der Waals surface area (Å²) in [6, 6.07) is 9.13. The number of hydrazine groups is 2. The Morgan fingerprint density at radius 3 is 1.34 bits per heavy atom. The summed E-state index contributed by atoms with van der Waals surface area (Å²) in [5.74, 6) is 2.72. The first-order chi connectivity index (χ1) is 30.2. The molecule has 4 N–H and O–H groups in total. The van der Waals surface area contributed by atoms with Gasteiger partial charge in [-0.25, -0.2) is 30.0 Å². The predicted octanol–water partition coefficient (Wildman–Crippen LogP) is 7.95. The molecular formula is C38H30F12N12O3. The van der Waals surface area contributed by atoms with Crippen molar-refractivity contribution in [2.24, 2.45) is 5.84 Å². The second kappa shape index (κ2) is 20.6. The number of aliphatic carboxylic acids is 1. The number of carboxylic acids is 1. The number of amides is 1. The van der Waals surface area contributed by atoms with E-state index in [1.165, 1.54) is 16.2 Å². The van der Waals surface area contributed by atoms with Crippen molar-refractivity contribution >= 4 is 35.7 Å². The normalized spacial score (nSPS) is 12.0. The van der Waals surface area contributed by atoms with E-state index >= 15 is 0 Å². The molecule has 6 rings (SSSR count). The van der Waals surface area contributed by atoms with Gasteiger partial charge in [0.1, 0.15) is 12.7 Å². The van der Waals surface area contributed by atoms with E-state index in [1.807, 2.05) is 12.1 Å². The quantitative estimate of drug-likeness (QED) is 0.0551. The number of aromatic nitrogens is 8. The summed E-state index contributed by atoms with van der Waals surface area (Å²) in [5.41, 5.74) is -2.90. The minimum atomic E-state index is -4.99. The number of nitrogens with two attached hydrogens (primary N) is 1. The molecule has 15 nitrogen and oxygen atoms in total. The summed E-state index contributed by atoms with van der Waals surface area (Å²) in [6.07, 6.45) is -7.67. The number of hydrogen-bond acceptors (Lipinski definition) is 11. The van der Waals surface area contributed by atoms with Crippen molar-refractivity contribution < 1.29 is 67.4 Å². The van der Waals surface area contributed by atoms with Crippen LogP contribution < -0.4 is 21.3 Å². The van der Waals surface area contributed by atoms with Gasteiger partial charge in [-0.2, -0.15) is 52.7 Å². The lowest BCUT2D eigenvalue weighted by Gasteiger charge is -2.18. The van der Waals surface area contributed by atoms with Crippen LogP contribution in [-0.2, 0) is 34.3 Å². The Labute approximate surface area is 357 Å². The van der Waals surface area contributed by atoms with Crippen molar-refractivity contribution in [1.29, 1.82) is 0 Å². The van der Waals surface area contributed by atoms with Crippen molar-refractivity contribution in [1.82, 2.24) is 44.9 Å². The monoisotopic (exact) mass is 930 g/mol. The molecule has 344 valence electrons. The molecule has 2 aromatic carbocycles. The highest BCUT2D eigenvalue weighted by Gasteiger charge is 2.38. The lowest BCUT2D eigenvalue weighted by molar-refractivity contribution is -0.144. The number of pyridine rings is 2. The Morgan fingerprint density at radius 2 is 1.02 bits per heavy atom. The van der Waals surface area contributed by atoms with Gasteiger partial charge in [-0.15, -0.1) is 10.2 Å². The van der Waals surface area contributed by atoms with Crippen molar-refractivity contribution in [3.63, 3.8) is 0 Å². The van der Waals surface area contributed by atoms with Crippen LogP contribution in [0.25, 0.3) is 35.2 Å². The Kier molecular flexibility index (Phi) is 15.8. The van der Waals surface area contributed by atoms with Crippen molar-refractivity contribution in [3.8, 4) is 22.8 Å². The topological polar surface area (TPSA) is 186 Å². The molecule has 1 amide bonds. The summed E-state index contributed by atoms with van der Waals surface area (Å²) in [4.78, 5) is 37.5. The summed E-state index contributed by atoms with van der Waals surface area (Å²) in [6.45, 7) is 0. The number of carbonyl (C=O) groups is 2. The molecule has 0 spiro atoms. The van der Waals surface area contributed by atoms with Crippen LogP contribution in [0.2, 0.25) is 0 Å². The largest absolute Gasteiger partial charge is 0.478 e. The first kappa shape index (κ1) is 49.8. The number of nitrogens with one attached hydrogen (secondary N) is 1. The van der Waals surface area contributed by atoms with Gasteiger partial charge >= 0.3 is 30.7 Å². The average molecular weight is 931 g/mol. The van der Waals surface area contributed by atoms with E-state index in [4.69, 9.17) is 10.9 Å². The molecular weight excluding hydrogens is 900 g/mol. The van der Waals surface area contributed by atoms with Crippen LogP contribution in [0.4, 0.5) is 64.1 Å². The summed E-state index contributed by atoms with van der Waals surface area (Å²) >= 11 is 0. The van der Waals surface area contributed by atoms with E-state index in [9.17, 15) is 62.3 Å². The fourth-order valence-corrected chi connectivity index (χ4v) is 4.79. The number of anilines is 2. The molecule has 0 radical (unpaired) electrons. The van der Waals surface area contributed by atoms with Crippen LogP contribution in [0.15, 0.2) is 110 Å². The van der Waals surface area contributed by atoms with Gasteiger partial charge in [0.15, 0.2) is 11.6 Å². The number of nitrogens with zero attached hydrogens (tertiary/aromatic N) is 10. The van der Waals surface area contributed by atoms with Crippen LogP contribution >= 0.6 is 0 Å². The molecule has 0 saturated heterocycles. The van der Waals surface area contributed by atoms with Crippen molar-refractivity contribution in [2.75, 3.05) is 24.1 Å². The van der Waals surface area contributed by atoms with Crippen molar-refractivity contribution in [3.05, 3.63) is 133 Å². The molecule has 4 aromatic heterocycles. The minimum absolute atomic E-state index is 0.00910. The SMILES string of the molecule is CN(N)c1cccnc1.CN(NC(=O)/C=C\n1cnc(-c2cc(C(F)(F)F)cc(C(F)(F)F)c2)n1)c1cccnc1.O=C(O)/C=C\n1cnc(-c2cc(C(F)(F)F)cc(C(F)(F)F)c2)n1. The fraction of sp³-hybridized carbons (Fsp3) is 0.158. The minimum Gasteiger partial charge on any atom is -0.478 e. The predicted molar refractivity (Wildman–Crippen MR) is 207 cm³/mol. The highest BCUT2D eigenvalue weighted by molar-refractivity contribution is 5.91. The second-order valence-corrected chi connectivity index (χ2v) is 12.7. The lowest BCUT2D eigenvalue weighted by Crippen LogP contribution is -2.38. The zero-order valence-corrected chi connectivity index (χ0v) is 32.9. The zero-order valence-electron chi connectivity index (χ0n) is 32.9. The van der Waals surface area contributed by atoms with Crippen LogP contribution in [-0.4, -0.2) is 70.6 Å². The molecule has 0 fully saturated rings. The van der Waals surface area contributed by atoms with E-state index in [2.05, 4.69) is 35.6 Å². The Hall–Kier alpha value is -7.84. The number of hydrogen-bond donors (Lipinski definition) is 3. The van der Waals surface area contributed by atoms with Gasteiger partial charge in [-0.3, -0.25) is 25.2 Å². The third-order valence-electron chi connectivity index (χ3n) is 7.82. The molecule has 0 aliphatic heterocycles. The smallest absolute Gasteiger partial charge is 0.416 e. The standard InChI is InChI=1S/C19H14F6N6O.C13H7F6N3O2.C6H9N3/c1-30(15-3-2-5-26-10-15)28-16(32)4-6-31-11-27-17(29-31)12-7-13(18(20,21)22)9-14(8-12)19(23,24)25;14-12(15,16)8-3-7(4-9(5-8)13(17,18)19)11-20-6-22(21-11)2-1-10(23)24;1-9(7)6-3-2-4-8-5-6/h2-11H,1H3,(H,28,32);1-6H,(H,23,24);2-5H,7H2,1H3/b6-4-;2-1-;. The summed E-state index contributed by atoms with van der Waals surface area (Å²) in [7, 11) is 3.35. The third kappa shape index (κ3) is 15.2. The third-order valence-corrected chi connectivity index (χ3v) is 7.82. The van der Waals surface area contributed by atoms with E-state index in [-0.39, 0.29) is 18.0 Å². The number of carbonyl (C=O) groups excluding carboxylic acids is 1. The number of halogens is 12. The van der Waals surface area contributed by atoms with E-state index in [0.29, 0.717) is 36.0 Å². The molecule has 65 heavy (non-hydrogen) atoms. The molecule has 0 atom stereocenters. The van der Waals surface area contributed by atoms with Crippen LogP contribution in [0, 0.1) is 0 Å². The molecule has 0 saturated carbocycles. The number of carboxylic acid groups (broad SMARTS) is 1. The summed E-state index contributed by atoms with van der Waals surface area (Å²) in [5, 5.41) is 18.8. The highest BCUT2D eigenvalue weighted by Crippen LogP contribution is 2.39. The van der Waals surface area contributed by atoms with E-state index in [1.54, 1.807) is 44.8 Å². The van der Waals surface area contributed by atoms with Gasteiger partial charge in [-0.05, 0) is 60.7 Å². The fourth-order valence-electron chi connectivity index (χ4n) is 4.79. The molecule has 0 bridgehead atoms. The van der Waals surface area contributed by atoms with Crippen LogP contribution in [0.5, 0.6) is 0 Å². The first-order valence-electron chi connectivity index (χ1n) is 17.5. The lowest BCUT2D eigenvalue weighted by atomic mass is 10.0. The number of rotatable bonds is 9. The Balaban J connectivity index is 0.000000245. The molecule has 0 aliphatic carbocycles. The molecule has 4 heterocycles. The van der Waals surface area contributed by atoms with E-state index in [0.717, 1.165) is 46.2 Å². The molecule has 0 unspecified atom stereocenters. The van der Waals surface area contributed by atoms with Gasteiger partial charge in [0.05, 0.1) is 46.0 Å². The maximum atomic E-state index is 13.0.